The first-order chi connectivity index (χ1) is 14.6. The first-order valence-electron chi connectivity index (χ1n) is 9.10. The molecule has 0 aliphatic carbocycles. The molecule has 166 valence electrons. The predicted molar refractivity (Wildman–Crippen MR) is 108 cm³/mol. The van der Waals surface area contributed by atoms with Crippen molar-refractivity contribution in [3.63, 3.8) is 0 Å². The summed E-state index contributed by atoms with van der Waals surface area (Å²) in [5, 5.41) is 34.3. The van der Waals surface area contributed by atoms with Gasteiger partial charge < -0.3 is 30.9 Å². The molecule has 6 N–H and O–H groups in total. The summed E-state index contributed by atoms with van der Waals surface area (Å²) in [6, 6.07) is 10.7. The molecule has 1 atom stereocenters. The molecule has 0 unspecified atom stereocenters. The van der Waals surface area contributed by atoms with Gasteiger partial charge in [-0.25, -0.2) is 4.79 Å². The number of nitrogens with two attached hydrogens (primary N) is 1. The van der Waals surface area contributed by atoms with Crippen molar-refractivity contribution in [1.82, 2.24) is 0 Å². The Labute approximate surface area is 177 Å². The van der Waals surface area contributed by atoms with Gasteiger partial charge in [0.25, 0.3) is 0 Å². The monoisotopic (exact) mass is 433 g/mol. The van der Waals surface area contributed by atoms with Crippen molar-refractivity contribution in [3.05, 3.63) is 59.7 Å². The van der Waals surface area contributed by atoms with Gasteiger partial charge in [-0.05, 0) is 54.8 Å². The van der Waals surface area contributed by atoms with Crippen molar-refractivity contribution >= 4 is 23.9 Å². The van der Waals surface area contributed by atoms with Gasteiger partial charge in [-0.3, -0.25) is 14.4 Å². The number of hydrogen-bond acceptors (Lipinski definition) is 7. The quantitative estimate of drug-likeness (QED) is 0.289. The fourth-order valence-electron chi connectivity index (χ4n) is 2.21. The molecule has 31 heavy (non-hydrogen) atoms. The summed E-state index contributed by atoms with van der Waals surface area (Å²) in [6.07, 6.45) is 0.348. The fraction of sp³-hybridized carbons (Fsp3) is 0.238. The van der Waals surface area contributed by atoms with Crippen molar-refractivity contribution in [2.24, 2.45) is 5.73 Å². The van der Waals surface area contributed by atoms with Crippen LogP contribution in [0, 0.1) is 0 Å². The summed E-state index contributed by atoms with van der Waals surface area (Å²) in [5.41, 5.74) is 6.31. The molecule has 0 spiro atoms. The summed E-state index contributed by atoms with van der Waals surface area (Å²) in [4.78, 5) is 42.6. The van der Waals surface area contributed by atoms with Crippen molar-refractivity contribution in [2.75, 3.05) is 0 Å². The second kappa shape index (κ2) is 12.6. The van der Waals surface area contributed by atoms with E-state index in [1.807, 2.05) is 0 Å². The highest BCUT2D eigenvalue weighted by Crippen LogP contribution is 2.14. The predicted octanol–water partition coefficient (Wildman–Crippen LogP) is 1.89. The van der Waals surface area contributed by atoms with E-state index >= 15 is 0 Å². The SMILES string of the molecule is N[C@@H](Cc1ccc(OC(=O)CCCC(=O)O)cc1)C(=O)O.O=C(O)c1ccc(O)cc1. The van der Waals surface area contributed by atoms with E-state index in [9.17, 15) is 19.2 Å². The number of carbonyl (C=O) groups excluding carboxylic acids is 1. The smallest absolute Gasteiger partial charge is 0.335 e. The summed E-state index contributed by atoms with van der Waals surface area (Å²) in [5.74, 6) is -3.13. The molecule has 0 aromatic heterocycles. The van der Waals surface area contributed by atoms with E-state index in [-0.39, 0.29) is 37.0 Å². The van der Waals surface area contributed by atoms with E-state index in [4.69, 9.17) is 30.9 Å². The number of phenols is 1. The highest BCUT2D eigenvalue weighted by molar-refractivity contribution is 5.87. The first-order valence-corrected chi connectivity index (χ1v) is 9.10. The number of phenolic OH excluding ortho intramolecular Hbond substituents is 1. The van der Waals surface area contributed by atoms with E-state index in [1.54, 1.807) is 24.3 Å². The zero-order valence-electron chi connectivity index (χ0n) is 16.4. The normalized spacial score (nSPS) is 10.9. The Morgan fingerprint density at radius 3 is 1.94 bits per heavy atom. The van der Waals surface area contributed by atoms with Crippen molar-refractivity contribution in [2.45, 2.75) is 31.7 Å². The molecule has 0 fully saturated rings. The van der Waals surface area contributed by atoms with Crippen molar-refractivity contribution in [1.29, 1.82) is 0 Å². The number of aromatic carboxylic acids is 1. The molecule has 0 amide bonds. The van der Waals surface area contributed by atoms with E-state index in [2.05, 4.69) is 0 Å². The Morgan fingerprint density at radius 2 is 1.45 bits per heavy atom. The summed E-state index contributed by atoms with van der Waals surface area (Å²) in [7, 11) is 0. The molecule has 10 nitrogen and oxygen atoms in total. The van der Waals surface area contributed by atoms with Gasteiger partial charge in [-0.2, -0.15) is 0 Å². The molecule has 0 aliphatic heterocycles. The number of carboxylic acid groups (broad SMARTS) is 3. The number of rotatable bonds is 9. The number of ether oxygens (including phenoxy) is 1. The highest BCUT2D eigenvalue weighted by atomic mass is 16.5. The third-order valence-electron chi connectivity index (χ3n) is 3.81. The lowest BCUT2D eigenvalue weighted by Crippen LogP contribution is -2.32. The lowest BCUT2D eigenvalue weighted by Gasteiger charge is -2.08. The van der Waals surface area contributed by atoms with Gasteiger partial charge in [-0.1, -0.05) is 12.1 Å². The minimum absolute atomic E-state index is 0.0257. The number of carboxylic acids is 3. The largest absolute Gasteiger partial charge is 0.508 e. The molecule has 0 bridgehead atoms. The number of benzene rings is 2. The first kappa shape index (κ1) is 25.1. The third kappa shape index (κ3) is 10.4. The Morgan fingerprint density at radius 1 is 0.871 bits per heavy atom. The van der Waals surface area contributed by atoms with Crippen LogP contribution in [-0.2, 0) is 20.8 Å². The van der Waals surface area contributed by atoms with Gasteiger partial charge in [0.05, 0.1) is 5.56 Å². The minimum Gasteiger partial charge on any atom is -0.508 e. The lowest BCUT2D eigenvalue weighted by atomic mass is 10.1. The van der Waals surface area contributed by atoms with E-state index in [0.29, 0.717) is 5.75 Å². The lowest BCUT2D eigenvalue weighted by molar-refractivity contribution is -0.139. The van der Waals surface area contributed by atoms with Crippen LogP contribution in [0.2, 0.25) is 0 Å². The summed E-state index contributed by atoms with van der Waals surface area (Å²) >= 11 is 0. The maximum Gasteiger partial charge on any atom is 0.335 e. The number of hydrogen-bond donors (Lipinski definition) is 5. The molecule has 0 aliphatic rings. The van der Waals surface area contributed by atoms with Gasteiger partial charge in [0.1, 0.15) is 17.5 Å². The maximum atomic E-state index is 11.4. The molecule has 2 aromatic rings. The van der Waals surface area contributed by atoms with E-state index in [1.165, 1.54) is 24.3 Å². The number of aromatic hydroxyl groups is 1. The molecular formula is C21H23NO9. The molecule has 0 saturated heterocycles. The van der Waals surface area contributed by atoms with Gasteiger partial charge in [0, 0.05) is 12.8 Å². The molecular weight excluding hydrogens is 410 g/mol. The van der Waals surface area contributed by atoms with Gasteiger partial charge >= 0.3 is 23.9 Å². The number of aliphatic carboxylic acids is 2. The number of carbonyl (C=O) groups is 4. The zero-order chi connectivity index (χ0) is 23.4. The average molecular weight is 433 g/mol. The van der Waals surface area contributed by atoms with Crippen LogP contribution < -0.4 is 10.5 Å². The second-order valence-corrected chi connectivity index (χ2v) is 6.37. The Balaban J connectivity index is 0.000000399. The maximum absolute atomic E-state index is 11.4. The molecule has 0 radical (unpaired) electrons. The van der Waals surface area contributed by atoms with Crippen LogP contribution in [0.1, 0.15) is 35.2 Å². The molecule has 10 heteroatoms. The van der Waals surface area contributed by atoms with Crippen LogP contribution in [0.3, 0.4) is 0 Å². The Bertz CT molecular complexity index is 892. The highest BCUT2D eigenvalue weighted by Gasteiger charge is 2.12. The van der Waals surface area contributed by atoms with Gasteiger partial charge in [0.2, 0.25) is 0 Å². The van der Waals surface area contributed by atoms with Gasteiger partial charge in [0.15, 0.2) is 0 Å². The number of esters is 1. The molecule has 0 saturated carbocycles. The van der Waals surface area contributed by atoms with Gasteiger partial charge in [-0.15, -0.1) is 0 Å². The topological polar surface area (TPSA) is 184 Å². The van der Waals surface area contributed by atoms with Crippen LogP contribution in [0.25, 0.3) is 0 Å². The Kier molecular flexibility index (Phi) is 10.2. The van der Waals surface area contributed by atoms with Crippen molar-refractivity contribution < 1.29 is 44.3 Å². The van der Waals surface area contributed by atoms with E-state index < -0.39 is 29.9 Å². The minimum atomic E-state index is -1.08. The molecule has 2 rings (SSSR count). The standard InChI is InChI=1S/C14H17NO6.C7H6O3/c15-11(14(19)20)8-9-4-6-10(7-5-9)21-13(18)3-1-2-12(16)17;8-6-3-1-5(2-4-6)7(9)10/h4-7,11H,1-3,8,15H2,(H,16,17)(H,19,20);1-4,8H,(H,9,10)/t11-;/m0./s1. The fourth-order valence-corrected chi connectivity index (χ4v) is 2.21. The van der Waals surface area contributed by atoms with Crippen LogP contribution >= 0.6 is 0 Å². The van der Waals surface area contributed by atoms with Crippen LogP contribution in [-0.4, -0.2) is 50.3 Å². The second-order valence-electron chi connectivity index (χ2n) is 6.37. The summed E-state index contributed by atoms with van der Waals surface area (Å²) < 4.78 is 5.02. The molecule has 2 aromatic carbocycles. The third-order valence-corrected chi connectivity index (χ3v) is 3.81. The average Bonchev–Trinajstić information content (AvgIpc) is 2.70. The van der Waals surface area contributed by atoms with Crippen LogP contribution in [0.4, 0.5) is 0 Å². The summed E-state index contributed by atoms with van der Waals surface area (Å²) in [6.45, 7) is 0. The van der Waals surface area contributed by atoms with Crippen LogP contribution in [0.15, 0.2) is 48.5 Å². The van der Waals surface area contributed by atoms with Crippen molar-refractivity contribution in [3.8, 4) is 11.5 Å². The zero-order valence-corrected chi connectivity index (χ0v) is 16.4. The molecule has 0 heterocycles. The van der Waals surface area contributed by atoms with E-state index in [0.717, 1.165) is 5.56 Å². The van der Waals surface area contributed by atoms with Crippen LogP contribution in [0.5, 0.6) is 11.5 Å². The Hall–Kier alpha value is -3.92.